The van der Waals surface area contributed by atoms with Gasteiger partial charge >= 0.3 is 0 Å². The summed E-state index contributed by atoms with van der Waals surface area (Å²) in [5.74, 6) is 0.250. The van der Waals surface area contributed by atoms with E-state index in [-0.39, 0.29) is 11.6 Å². The standard InChI is InChI=1S/C16H14ClFO2/c17-14-4-1-2-6-16(14)20-11-3-5-15(19)12-7-9-13(18)10-8-12/h1-2,4,6-10H,3,5,11H2. The van der Waals surface area contributed by atoms with Crippen LogP contribution in [0.1, 0.15) is 23.2 Å². The lowest BCUT2D eigenvalue weighted by Gasteiger charge is -2.07. The molecule has 4 heteroatoms. The fourth-order valence-electron chi connectivity index (χ4n) is 1.76. The summed E-state index contributed by atoms with van der Waals surface area (Å²) >= 11 is 5.95. The normalized spacial score (nSPS) is 10.3. The molecule has 0 radical (unpaired) electrons. The zero-order valence-electron chi connectivity index (χ0n) is 10.8. The van der Waals surface area contributed by atoms with Gasteiger partial charge in [-0.1, -0.05) is 23.7 Å². The Balaban J connectivity index is 1.77. The molecular formula is C16H14ClFO2. The van der Waals surface area contributed by atoms with E-state index in [0.717, 1.165) is 0 Å². The minimum atomic E-state index is -0.344. The second-order valence-electron chi connectivity index (χ2n) is 4.31. The summed E-state index contributed by atoms with van der Waals surface area (Å²) in [5.41, 5.74) is 0.518. The van der Waals surface area contributed by atoms with E-state index in [2.05, 4.69) is 0 Å². The Kier molecular flexibility index (Phi) is 5.13. The number of hydrogen-bond acceptors (Lipinski definition) is 2. The number of hydrogen-bond donors (Lipinski definition) is 0. The van der Waals surface area contributed by atoms with Crippen molar-refractivity contribution in [3.63, 3.8) is 0 Å². The van der Waals surface area contributed by atoms with Gasteiger partial charge in [-0.3, -0.25) is 4.79 Å². The van der Waals surface area contributed by atoms with Gasteiger partial charge in [0.1, 0.15) is 11.6 Å². The van der Waals surface area contributed by atoms with Gasteiger partial charge in [-0.15, -0.1) is 0 Å². The van der Waals surface area contributed by atoms with Crippen LogP contribution in [0.2, 0.25) is 5.02 Å². The van der Waals surface area contributed by atoms with Crippen LogP contribution in [0.3, 0.4) is 0 Å². The molecule has 20 heavy (non-hydrogen) atoms. The molecule has 0 saturated carbocycles. The zero-order chi connectivity index (χ0) is 14.4. The molecule has 0 N–H and O–H groups in total. The molecule has 0 aliphatic carbocycles. The Labute approximate surface area is 122 Å². The third-order valence-corrected chi connectivity index (χ3v) is 3.12. The largest absolute Gasteiger partial charge is 0.492 e. The van der Waals surface area contributed by atoms with Crippen molar-refractivity contribution in [3.05, 3.63) is 64.9 Å². The van der Waals surface area contributed by atoms with E-state index in [0.29, 0.717) is 35.8 Å². The monoisotopic (exact) mass is 292 g/mol. The molecule has 0 spiro atoms. The first-order valence-corrected chi connectivity index (χ1v) is 6.71. The SMILES string of the molecule is O=C(CCCOc1ccccc1Cl)c1ccc(F)cc1. The molecule has 0 aliphatic heterocycles. The molecule has 0 saturated heterocycles. The number of para-hydroxylation sites is 1. The fourth-order valence-corrected chi connectivity index (χ4v) is 1.95. The summed E-state index contributed by atoms with van der Waals surface area (Å²) in [4.78, 5) is 11.8. The number of benzene rings is 2. The lowest BCUT2D eigenvalue weighted by molar-refractivity contribution is 0.0973. The van der Waals surface area contributed by atoms with Crippen LogP contribution in [0.15, 0.2) is 48.5 Å². The van der Waals surface area contributed by atoms with Crippen LogP contribution in [-0.2, 0) is 0 Å². The van der Waals surface area contributed by atoms with Gasteiger partial charge in [0, 0.05) is 12.0 Å². The first-order chi connectivity index (χ1) is 9.66. The van der Waals surface area contributed by atoms with E-state index in [9.17, 15) is 9.18 Å². The van der Waals surface area contributed by atoms with Gasteiger partial charge in [-0.25, -0.2) is 4.39 Å². The summed E-state index contributed by atoms with van der Waals surface area (Å²) in [6.45, 7) is 0.413. The summed E-state index contributed by atoms with van der Waals surface area (Å²) in [6, 6.07) is 12.8. The minimum absolute atomic E-state index is 0.0206. The molecule has 2 aromatic rings. The topological polar surface area (TPSA) is 26.3 Å². The van der Waals surface area contributed by atoms with Crippen molar-refractivity contribution in [1.82, 2.24) is 0 Å². The van der Waals surface area contributed by atoms with Crippen molar-refractivity contribution in [2.45, 2.75) is 12.8 Å². The van der Waals surface area contributed by atoms with E-state index < -0.39 is 0 Å². The lowest BCUT2D eigenvalue weighted by atomic mass is 10.1. The first-order valence-electron chi connectivity index (χ1n) is 6.33. The molecule has 0 atom stereocenters. The summed E-state index contributed by atoms with van der Waals surface area (Å²) in [5, 5.41) is 0.553. The Bertz CT molecular complexity index is 581. The van der Waals surface area contributed by atoms with Gasteiger partial charge in [0.2, 0.25) is 0 Å². The zero-order valence-corrected chi connectivity index (χ0v) is 11.6. The highest BCUT2D eigenvalue weighted by molar-refractivity contribution is 6.32. The van der Waals surface area contributed by atoms with E-state index in [4.69, 9.17) is 16.3 Å². The van der Waals surface area contributed by atoms with Gasteiger partial charge in [-0.2, -0.15) is 0 Å². The Morgan fingerprint density at radius 2 is 1.80 bits per heavy atom. The van der Waals surface area contributed by atoms with Crippen LogP contribution in [0.5, 0.6) is 5.75 Å². The third-order valence-electron chi connectivity index (χ3n) is 2.81. The molecule has 0 aliphatic rings. The summed E-state index contributed by atoms with van der Waals surface area (Å²) in [7, 11) is 0. The predicted molar refractivity (Wildman–Crippen MR) is 76.9 cm³/mol. The van der Waals surface area contributed by atoms with Crippen LogP contribution in [0.25, 0.3) is 0 Å². The van der Waals surface area contributed by atoms with Crippen LogP contribution in [0, 0.1) is 5.82 Å². The number of ether oxygens (including phenoxy) is 1. The molecule has 0 amide bonds. The van der Waals surface area contributed by atoms with E-state index in [1.54, 1.807) is 12.1 Å². The number of carbonyl (C=O) groups is 1. The number of rotatable bonds is 6. The molecule has 104 valence electrons. The molecular weight excluding hydrogens is 279 g/mol. The number of halogens is 2. The van der Waals surface area contributed by atoms with E-state index >= 15 is 0 Å². The second-order valence-corrected chi connectivity index (χ2v) is 4.72. The third kappa shape index (κ3) is 4.07. The van der Waals surface area contributed by atoms with Crippen molar-refractivity contribution in [2.24, 2.45) is 0 Å². The van der Waals surface area contributed by atoms with Crippen LogP contribution in [-0.4, -0.2) is 12.4 Å². The van der Waals surface area contributed by atoms with Crippen molar-refractivity contribution in [1.29, 1.82) is 0 Å². The maximum absolute atomic E-state index is 12.7. The van der Waals surface area contributed by atoms with Crippen molar-refractivity contribution >= 4 is 17.4 Å². The molecule has 0 fully saturated rings. The van der Waals surface area contributed by atoms with E-state index in [1.807, 2.05) is 12.1 Å². The van der Waals surface area contributed by atoms with Crippen LogP contribution < -0.4 is 4.74 Å². The van der Waals surface area contributed by atoms with Gasteiger partial charge in [0.15, 0.2) is 5.78 Å². The minimum Gasteiger partial charge on any atom is -0.492 e. The Morgan fingerprint density at radius 3 is 2.50 bits per heavy atom. The highest BCUT2D eigenvalue weighted by Crippen LogP contribution is 2.23. The average molecular weight is 293 g/mol. The number of ketones is 1. The number of Topliss-reactive ketones (excluding diaryl/α,β-unsaturated/α-hetero) is 1. The lowest BCUT2D eigenvalue weighted by Crippen LogP contribution is -2.04. The molecule has 0 aromatic heterocycles. The Morgan fingerprint density at radius 1 is 1.10 bits per heavy atom. The average Bonchev–Trinajstić information content (AvgIpc) is 2.46. The predicted octanol–water partition coefficient (Wildman–Crippen LogP) is 4.52. The smallest absolute Gasteiger partial charge is 0.163 e. The van der Waals surface area contributed by atoms with Gasteiger partial charge < -0.3 is 4.74 Å². The Hall–Kier alpha value is -1.87. The van der Waals surface area contributed by atoms with Gasteiger partial charge in [-0.05, 0) is 42.8 Å². The molecule has 2 rings (SSSR count). The quantitative estimate of drug-likeness (QED) is 0.578. The van der Waals surface area contributed by atoms with Crippen molar-refractivity contribution in [3.8, 4) is 5.75 Å². The van der Waals surface area contributed by atoms with Crippen molar-refractivity contribution < 1.29 is 13.9 Å². The summed E-state index contributed by atoms with van der Waals surface area (Å²) in [6.07, 6.45) is 0.942. The fraction of sp³-hybridized carbons (Fsp3) is 0.188. The molecule has 0 heterocycles. The van der Waals surface area contributed by atoms with Gasteiger partial charge in [0.25, 0.3) is 0 Å². The molecule has 0 unspecified atom stereocenters. The van der Waals surface area contributed by atoms with Crippen LogP contribution >= 0.6 is 11.6 Å². The highest BCUT2D eigenvalue weighted by atomic mass is 35.5. The molecule has 2 aromatic carbocycles. The second kappa shape index (κ2) is 7.06. The summed E-state index contributed by atoms with van der Waals surface area (Å²) < 4.78 is 18.2. The first kappa shape index (κ1) is 14.5. The maximum Gasteiger partial charge on any atom is 0.163 e. The molecule has 0 bridgehead atoms. The maximum atomic E-state index is 12.7. The van der Waals surface area contributed by atoms with E-state index in [1.165, 1.54) is 24.3 Å². The number of carbonyl (C=O) groups excluding carboxylic acids is 1. The van der Waals surface area contributed by atoms with Gasteiger partial charge in [0.05, 0.1) is 11.6 Å². The highest BCUT2D eigenvalue weighted by Gasteiger charge is 2.06. The van der Waals surface area contributed by atoms with Crippen molar-refractivity contribution in [2.75, 3.05) is 6.61 Å². The van der Waals surface area contributed by atoms with Crippen LogP contribution in [0.4, 0.5) is 4.39 Å². The molecule has 2 nitrogen and oxygen atoms in total.